The number of pyridine rings is 1. The van der Waals surface area contributed by atoms with Crippen molar-refractivity contribution in [3.8, 4) is 17.6 Å². The minimum absolute atomic E-state index is 0.0682. The van der Waals surface area contributed by atoms with E-state index in [9.17, 15) is 9.59 Å². The Kier molecular flexibility index (Phi) is 5.69. The lowest BCUT2D eigenvalue weighted by molar-refractivity contribution is 0.0732. The molecule has 0 atom stereocenters. The fourth-order valence-electron chi connectivity index (χ4n) is 2.26. The van der Waals surface area contributed by atoms with Crippen molar-refractivity contribution >= 4 is 21.9 Å². The van der Waals surface area contributed by atoms with E-state index in [1.165, 1.54) is 12.3 Å². The number of esters is 1. The summed E-state index contributed by atoms with van der Waals surface area (Å²) in [5.41, 5.74) is 0.817. The van der Waals surface area contributed by atoms with E-state index in [-0.39, 0.29) is 5.56 Å². The maximum atomic E-state index is 12.0. The van der Waals surface area contributed by atoms with Crippen molar-refractivity contribution < 1.29 is 14.3 Å². The predicted molar refractivity (Wildman–Crippen MR) is 102 cm³/mol. The molecule has 1 N–H and O–H groups in total. The fraction of sp³-hybridized carbons (Fsp3) is 0.0500. The second-order valence-corrected chi connectivity index (χ2v) is 6.34. The first-order valence-electron chi connectivity index (χ1n) is 7.88. The Labute approximate surface area is 163 Å². The average molecular weight is 425 g/mol. The van der Waals surface area contributed by atoms with Crippen molar-refractivity contribution in [3.05, 3.63) is 92.3 Å². The van der Waals surface area contributed by atoms with Crippen molar-refractivity contribution in [1.29, 1.82) is 5.26 Å². The van der Waals surface area contributed by atoms with Crippen LogP contribution in [0.15, 0.2) is 70.1 Å². The van der Waals surface area contributed by atoms with Gasteiger partial charge in [0.05, 0.1) is 5.56 Å². The summed E-state index contributed by atoms with van der Waals surface area (Å²) in [6, 6.07) is 16.9. The van der Waals surface area contributed by atoms with Gasteiger partial charge in [0.2, 0.25) is 0 Å². The quantitative estimate of drug-likeness (QED) is 0.496. The van der Waals surface area contributed by atoms with Gasteiger partial charge in [-0.2, -0.15) is 5.26 Å². The number of hydrogen-bond donors (Lipinski definition) is 1. The van der Waals surface area contributed by atoms with E-state index < -0.39 is 11.5 Å². The number of rotatable bonds is 5. The van der Waals surface area contributed by atoms with Crippen LogP contribution in [0.25, 0.3) is 0 Å². The monoisotopic (exact) mass is 424 g/mol. The Bertz CT molecular complexity index is 1070. The second-order valence-electron chi connectivity index (χ2n) is 5.49. The Hall–Kier alpha value is -3.37. The number of H-pyrrole nitrogens is 1. The number of nitrogens with one attached hydrogen (secondary N) is 1. The molecule has 7 heteroatoms. The zero-order chi connectivity index (χ0) is 19.2. The molecule has 1 aromatic heterocycles. The van der Waals surface area contributed by atoms with Crippen LogP contribution < -0.4 is 15.0 Å². The molecule has 2 aromatic carbocycles. The number of aromatic nitrogens is 1. The highest BCUT2D eigenvalue weighted by molar-refractivity contribution is 9.10. The van der Waals surface area contributed by atoms with Crippen LogP contribution in [0.5, 0.6) is 11.5 Å². The van der Waals surface area contributed by atoms with Crippen LogP contribution in [-0.4, -0.2) is 11.0 Å². The molecule has 1 heterocycles. The molecule has 0 bridgehead atoms. The van der Waals surface area contributed by atoms with E-state index in [4.69, 9.17) is 14.7 Å². The molecule has 0 saturated heterocycles. The van der Waals surface area contributed by atoms with Crippen molar-refractivity contribution in [2.45, 2.75) is 6.61 Å². The molecule has 0 aliphatic heterocycles. The van der Waals surface area contributed by atoms with Crippen molar-refractivity contribution in [1.82, 2.24) is 4.98 Å². The first kappa shape index (κ1) is 18.4. The number of nitriles is 1. The second kappa shape index (κ2) is 8.34. The van der Waals surface area contributed by atoms with Crippen molar-refractivity contribution in [2.75, 3.05) is 0 Å². The van der Waals surface area contributed by atoms with Gasteiger partial charge in [-0.05, 0) is 70.0 Å². The number of carbonyl (C=O) groups is 1. The summed E-state index contributed by atoms with van der Waals surface area (Å²) < 4.78 is 11.6. The van der Waals surface area contributed by atoms with Gasteiger partial charge in [-0.3, -0.25) is 4.79 Å². The highest BCUT2D eigenvalue weighted by Gasteiger charge is 2.12. The Morgan fingerprint density at radius 2 is 1.85 bits per heavy atom. The number of ether oxygens (including phenoxy) is 2. The van der Waals surface area contributed by atoms with Crippen LogP contribution in [0, 0.1) is 11.3 Å². The van der Waals surface area contributed by atoms with Crippen molar-refractivity contribution in [3.63, 3.8) is 0 Å². The molecule has 0 radical (unpaired) electrons. The number of nitrogens with zero attached hydrogens (tertiary/aromatic N) is 1. The summed E-state index contributed by atoms with van der Waals surface area (Å²) in [4.78, 5) is 26.0. The van der Waals surface area contributed by atoms with Crippen LogP contribution >= 0.6 is 15.9 Å². The molecular formula is C20H13BrN2O4. The van der Waals surface area contributed by atoms with Gasteiger partial charge in [-0.25, -0.2) is 4.79 Å². The summed E-state index contributed by atoms with van der Waals surface area (Å²) in [5.74, 6) is 0.143. The fourth-order valence-corrected chi connectivity index (χ4v) is 2.60. The van der Waals surface area contributed by atoms with Gasteiger partial charge in [0.25, 0.3) is 5.56 Å². The molecule has 0 aliphatic carbocycles. The Morgan fingerprint density at radius 1 is 1.11 bits per heavy atom. The number of halogens is 1. The number of aromatic amines is 1. The van der Waals surface area contributed by atoms with E-state index in [1.807, 2.05) is 6.07 Å². The lowest BCUT2D eigenvalue weighted by Crippen LogP contribution is -2.20. The molecule has 0 amide bonds. The zero-order valence-corrected chi connectivity index (χ0v) is 15.5. The first-order chi connectivity index (χ1) is 13.1. The minimum Gasteiger partial charge on any atom is -0.489 e. The molecule has 0 aliphatic rings. The molecule has 3 rings (SSSR count). The normalized spacial score (nSPS) is 10.1. The summed E-state index contributed by atoms with van der Waals surface area (Å²) in [6.07, 6.45) is 1.44. The molecule has 0 fully saturated rings. The highest BCUT2D eigenvalue weighted by Crippen LogP contribution is 2.21. The van der Waals surface area contributed by atoms with Gasteiger partial charge in [0.15, 0.2) is 0 Å². The predicted octanol–water partition coefficient (Wildman–Crippen LogP) is 3.81. The van der Waals surface area contributed by atoms with Gasteiger partial charge in [-0.1, -0.05) is 6.07 Å². The van der Waals surface area contributed by atoms with Gasteiger partial charge >= 0.3 is 5.97 Å². The summed E-state index contributed by atoms with van der Waals surface area (Å²) in [7, 11) is 0. The summed E-state index contributed by atoms with van der Waals surface area (Å²) in [6.45, 7) is 0.292. The summed E-state index contributed by atoms with van der Waals surface area (Å²) >= 11 is 3.31. The van der Waals surface area contributed by atoms with E-state index >= 15 is 0 Å². The van der Waals surface area contributed by atoms with Gasteiger partial charge in [0, 0.05) is 10.7 Å². The Morgan fingerprint density at radius 3 is 2.56 bits per heavy atom. The first-order valence-corrected chi connectivity index (χ1v) is 8.67. The highest BCUT2D eigenvalue weighted by atomic mass is 79.9. The zero-order valence-electron chi connectivity index (χ0n) is 13.9. The van der Waals surface area contributed by atoms with E-state index in [0.717, 1.165) is 10.0 Å². The Balaban J connectivity index is 1.62. The molecular weight excluding hydrogens is 412 g/mol. The van der Waals surface area contributed by atoms with E-state index in [1.54, 1.807) is 42.5 Å². The number of carbonyl (C=O) groups excluding carboxylic acids is 1. The van der Waals surface area contributed by atoms with E-state index in [0.29, 0.717) is 23.7 Å². The molecule has 0 unspecified atom stereocenters. The lowest BCUT2D eigenvalue weighted by atomic mass is 10.1. The summed E-state index contributed by atoms with van der Waals surface area (Å²) in [5, 5.41) is 9.05. The standard InChI is InChI=1S/C20H13BrN2O4/c21-18-8-3-13(10-14(18)11-22)12-26-15-4-6-16(7-5-15)27-20(25)17-2-1-9-23-19(17)24/h1-10H,12H2,(H,23,24). The third kappa shape index (κ3) is 4.63. The van der Waals surface area contributed by atoms with Crippen molar-refractivity contribution in [2.24, 2.45) is 0 Å². The molecule has 3 aromatic rings. The molecule has 134 valence electrons. The average Bonchev–Trinajstić information content (AvgIpc) is 2.68. The third-order valence-electron chi connectivity index (χ3n) is 3.63. The SMILES string of the molecule is N#Cc1cc(COc2ccc(OC(=O)c3ccc[nH]c3=O)cc2)ccc1Br. The van der Waals surface area contributed by atoms with Crippen LogP contribution in [-0.2, 0) is 6.61 Å². The van der Waals surface area contributed by atoms with Gasteiger partial charge < -0.3 is 14.5 Å². The molecule has 6 nitrogen and oxygen atoms in total. The molecule has 0 saturated carbocycles. The third-order valence-corrected chi connectivity index (χ3v) is 4.32. The largest absolute Gasteiger partial charge is 0.489 e. The smallest absolute Gasteiger partial charge is 0.349 e. The van der Waals surface area contributed by atoms with Crippen LogP contribution in [0.4, 0.5) is 0 Å². The van der Waals surface area contributed by atoms with Gasteiger partial charge in [0.1, 0.15) is 29.7 Å². The van der Waals surface area contributed by atoms with Crippen LogP contribution in [0.2, 0.25) is 0 Å². The topological polar surface area (TPSA) is 92.2 Å². The molecule has 0 spiro atoms. The number of hydrogen-bond acceptors (Lipinski definition) is 5. The number of benzene rings is 2. The van der Waals surface area contributed by atoms with Gasteiger partial charge in [-0.15, -0.1) is 0 Å². The van der Waals surface area contributed by atoms with Crippen LogP contribution in [0.3, 0.4) is 0 Å². The molecule has 27 heavy (non-hydrogen) atoms. The maximum absolute atomic E-state index is 12.0. The lowest BCUT2D eigenvalue weighted by Gasteiger charge is -2.08. The van der Waals surface area contributed by atoms with Crippen LogP contribution in [0.1, 0.15) is 21.5 Å². The minimum atomic E-state index is -0.732. The maximum Gasteiger partial charge on any atom is 0.349 e. The van der Waals surface area contributed by atoms with E-state index in [2.05, 4.69) is 27.0 Å².